The van der Waals surface area contributed by atoms with Crippen molar-refractivity contribution in [2.75, 3.05) is 10.0 Å². The molecule has 0 amide bonds. The van der Waals surface area contributed by atoms with Crippen molar-refractivity contribution in [3.8, 4) is 0 Å². The van der Waals surface area contributed by atoms with Gasteiger partial charge in [0.05, 0.1) is 11.9 Å². The summed E-state index contributed by atoms with van der Waals surface area (Å²) in [6.07, 6.45) is 1.51. The van der Waals surface area contributed by atoms with Crippen LogP contribution in [0.15, 0.2) is 58.9 Å². The lowest BCUT2D eigenvalue weighted by atomic mass is 10.1. The maximum atomic E-state index is 12.3. The molecule has 0 aliphatic heterocycles. The minimum atomic E-state index is -3.56. The van der Waals surface area contributed by atoms with E-state index in [1.165, 1.54) is 28.7 Å². The lowest BCUT2D eigenvalue weighted by Gasteiger charge is -2.09. The Morgan fingerprint density at radius 3 is 2.56 bits per heavy atom. The number of aromatic nitrogens is 1. The fraction of sp³-hybridized carbons (Fsp3) is 0.167. The first kappa shape index (κ1) is 17.4. The smallest absolute Gasteiger partial charge is 0.271 e. The largest absolute Gasteiger partial charge is 0.366 e. The van der Waals surface area contributed by atoms with Crippen LogP contribution in [0.5, 0.6) is 0 Å². The lowest BCUT2D eigenvalue weighted by Crippen LogP contribution is -2.11. The monoisotopic (exact) mass is 373 g/mol. The number of hydrogen-bond donors (Lipinski definition) is 2. The van der Waals surface area contributed by atoms with E-state index >= 15 is 0 Å². The van der Waals surface area contributed by atoms with Crippen molar-refractivity contribution in [1.82, 2.24) is 4.98 Å². The zero-order valence-electron chi connectivity index (χ0n) is 14.0. The van der Waals surface area contributed by atoms with Crippen molar-refractivity contribution in [1.29, 1.82) is 0 Å². The van der Waals surface area contributed by atoms with Crippen molar-refractivity contribution in [3.05, 3.63) is 70.7 Å². The molecule has 0 saturated carbocycles. The van der Waals surface area contributed by atoms with E-state index in [0.29, 0.717) is 22.3 Å². The quantitative estimate of drug-likeness (QED) is 0.680. The number of rotatable bonds is 6. The van der Waals surface area contributed by atoms with E-state index in [-0.39, 0.29) is 0 Å². The standard InChI is InChI=1S/C18H19N3O2S2/c1-13-4-3-5-15(10-13)11-19-17-8-7-16(12-20-17)21-25(22,23)18-9-6-14(2)24-18/h3-10,12,21H,11H2,1-2H3,(H,19,20). The van der Waals surface area contributed by atoms with E-state index in [0.717, 1.165) is 4.88 Å². The first-order chi connectivity index (χ1) is 11.9. The van der Waals surface area contributed by atoms with Gasteiger partial charge >= 0.3 is 0 Å². The summed E-state index contributed by atoms with van der Waals surface area (Å²) >= 11 is 1.24. The average Bonchev–Trinajstić information content (AvgIpc) is 3.02. The third-order valence-corrected chi connectivity index (χ3v) is 6.43. The third kappa shape index (κ3) is 4.58. The van der Waals surface area contributed by atoms with Gasteiger partial charge in [-0.1, -0.05) is 29.8 Å². The van der Waals surface area contributed by atoms with Gasteiger partial charge in [0.15, 0.2) is 0 Å². The molecule has 0 aliphatic rings. The highest BCUT2D eigenvalue weighted by Crippen LogP contribution is 2.23. The second kappa shape index (κ2) is 7.25. The van der Waals surface area contributed by atoms with Gasteiger partial charge in [0, 0.05) is 11.4 Å². The summed E-state index contributed by atoms with van der Waals surface area (Å²) in [6.45, 7) is 4.59. The van der Waals surface area contributed by atoms with Gasteiger partial charge in [-0.2, -0.15) is 0 Å². The van der Waals surface area contributed by atoms with Crippen LogP contribution < -0.4 is 10.0 Å². The second-order valence-corrected chi connectivity index (χ2v) is 8.94. The molecule has 3 rings (SSSR count). The molecular weight excluding hydrogens is 354 g/mol. The Morgan fingerprint density at radius 1 is 1.08 bits per heavy atom. The molecule has 0 unspecified atom stereocenters. The molecule has 3 aromatic rings. The van der Waals surface area contributed by atoms with E-state index in [2.05, 4.69) is 34.1 Å². The third-order valence-electron chi connectivity index (χ3n) is 3.55. The molecule has 2 N–H and O–H groups in total. The SMILES string of the molecule is Cc1cccc(CNc2ccc(NS(=O)(=O)c3ccc(C)s3)cn2)c1. The summed E-state index contributed by atoms with van der Waals surface area (Å²) in [7, 11) is -3.56. The number of thiophene rings is 1. The van der Waals surface area contributed by atoms with E-state index in [1.807, 2.05) is 19.1 Å². The second-order valence-electron chi connectivity index (χ2n) is 5.75. The Hall–Kier alpha value is -2.38. The van der Waals surface area contributed by atoms with Gasteiger partial charge in [-0.05, 0) is 43.7 Å². The summed E-state index contributed by atoms with van der Waals surface area (Å²) < 4.78 is 27.4. The summed E-state index contributed by atoms with van der Waals surface area (Å²) in [4.78, 5) is 5.22. The molecule has 1 aromatic carbocycles. The van der Waals surface area contributed by atoms with Gasteiger partial charge in [0.2, 0.25) is 0 Å². The van der Waals surface area contributed by atoms with Gasteiger partial charge < -0.3 is 5.32 Å². The van der Waals surface area contributed by atoms with Gasteiger partial charge in [-0.3, -0.25) is 4.72 Å². The van der Waals surface area contributed by atoms with Gasteiger partial charge in [-0.15, -0.1) is 11.3 Å². The highest BCUT2D eigenvalue weighted by atomic mass is 32.2. The molecule has 0 saturated heterocycles. The summed E-state index contributed by atoms with van der Waals surface area (Å²) in [5.41, 5.74) is 2.81. The predicted octanol–water partition coefficient (Wildman–Crippen LogP) is 4.17. The van der Waals surface area contributed by atoms with Gasteiger partial charge in [0.1, 0.15) is 10.0 Å². The van der Waals surface area contributed by atoms with Crippen LogP contribution in [0.2, 0.25) is 0 Å². The first-order valence-corrected chi connectivity index (χ1v) is 10.1. The summed E-state index contributed by atoms with van der Waals surface area (Å²) in [6, 6.07) is 15.1. The van der Waals surface area contributed by atoms with Crippen LogP contribution in [0.3, 0.4) is 0 Å². The minimum absolute atomic E-state index is 0.298. The minimum Gasteiger partial charge on any atom is -0.366 e. The Balaban J connectivity index is 1.64. The summed E-state index contributed by atoms with van der Waals surface area (Å²) in [5, 5.41) is 3.23. The van der Waals surface area contributed by atoms with E-state index in [9.17, 15) is 8.42 Å². The Morgan fingerprint density at radius 2 is 1.92 bits per heavy atom. The zero-order chi connectivity index (χ0) is 17.9. The van der Waals surface area contributed by atoms with Crippen LogP contribution in [0, 0.1) is 13.8 Å². The fourth-order valence-corrected chi connectivity index (χ4v) is 4.66. The molecular formula is C18H19N3O2S2. The molecule has 7 heteroatoms. The van der Waals surface area contributed by atoms with Crippen molar-refractivity contribution < 1.29 is 8.42 Å². The molecule has 130 valence electrons. The Labute approximate surface area is 151 Å². The first-order valence-electron chi connectivity index (χ1n) is 7.77. The lowest BCUT2D eigenvalue weighted by molar-refractivity contribution is 0.603. The van der Waals surface area contributed by atoms with Gasteiger partial charge in [-0.25, -0.2) is 13.4 Å². The number of anilines is 2. The maximum absolute atomic E-state index is 12.3. The van der Waals surface area contributed by atoms with Crippen molar-refractivity contribution in [2.45, 2.75) is 24.6 Å². The van der Waals surface area contributed by atoms with E-state index in [1.54, 1.807) is 24.3 Å². The summed E-state index contributed by atoms with van der Waals surface area (Å²) in [5.74, 6) is 0.691. The van der Waals surface area contributed by atoms with Gasteiger partial charge in [0.25, 0.3) is 10.0 Å². The number of aryl methyl sites for hydroxylation is 2. The number of sulfonamides is 1. The molecule has 0 radical (unpaired) electrons. The number of pyridine rings is 1. The van der Waals surface area contributed by atoms with Crippen LogP contribution >= 0.6 is 11.3 Å². The van der Waals surface area contributed by atoms with Crippen LogP contribution in [0.1, 0.15) is 16.0 Å². The molecule has 0 bridgehead atoms. The molecule has 0 spiro atoms. The molecule has 0 fully saturated rings. The average molecular weight is 374 g/mol. The Kier molecular flexibility index (Phi) is 5.06. The molecule has 5 nitrogen and oxygen atoms in total. The number of nitrogens with zero attached hydrogens (tertiary/aromatic N) is 1. The highest BCUT2D eigenvalue weighted by molar-refractivity contribution is 7.94. The van der Waals surface area contributed by atoms with Crippen LogP contribution in [-0.4, -0.2) is 13.4 Å². The van der Waals surface area contributed by atoms with Crippen molar-refractivity contribution in [2.24, 2.45) is 0 Å². The molecule has 0 atom stereocenters. The maximum Gasteiger partial charge on any atom is 0.271 e. The van der Waals surface area contributed by atoms with Crippen LogP contribution in [0.25, 0.3) is 0 Å². The zero-order valence-corrected chi connectivity index (χ0v) is 15.6. The van der Waals surface area contributed by atoms with E-state index in [4.69, 9.17) is 0 Å². The Bertz CT molecular complexity index is 964. The van der Waals surface area contributed by atoms with Crippen LogP contribution in [0.4, 0.5) is 11.5 Å². The molecule has 2 aromatic heterocycles. The predicted molar refractivity (Wildman–Crippen MR) is 103 cm³/mol. The number of benzene rings is 1. The number of hydrogen-bond acceptors (Lipinski definition) is 5. The van der Waals surface area contributed by atoms with Crippen molar-refractivity contribution >= 4 is 32.9 Å². The molecule has 2 heterocycles. The van der Waals surface area contributed by atoms with Crippen LogP contribution in [-0.2, 0) is 16.6 Å². The molecule has 25 heavy (non-hydrogen) atoms. The molecule has 0 aliphatic carbocycles. The topological polar surface area (TPSA) is 71.1 Å². The fourth-order valence-electron chi connectivity index (χ4n) is 2.34. The number of nitrogens with one attached hydrogen (secondary N) is 2. The normalized spacial score (nSPS) is 11.3. The highest BCUT2D eigenvalue weighted by Gasteiger charge is 2.16. The van der Waals surface area contributed by atoms with Crippen molar-refractivity contribution in [3.63, 3.8) is 0 Å². The van der Waals surface area contributed by atoms with E-state index < -0.39 is 10.0 Å².